The van der Waals surface area contributed by atoms with Gasteiger partial charge in [-0.25, -0.2) is 4.98 Å². The second-order valence-corrected chi connectivity index (χ2v) is 4.58. The van der Waals surface area contributed by atoms with E-state index in [9.17, 15) is 4.79 Å². The molecule has 0 saturated heterocycles. The fourth-order valence-electron chi connectivity index (χ4n) is 1.53. The second kappa shape index (κ2) is 6.01. The van der Waals surface area contributed by atoms with E-state index in [0.29, 0.717) is 10.7 Å². The van der Waals surface area contributed by atoms with E-state index in [0.717, 1.165) is 18.5 Å². The molecule has 0 spiro atoms. The fraction of sp³-hybridized carbons (Fsp3) is 0.538. The lowest BCUT2D eigenvalue weighted by Crippen LogP contribution is -2.34. The Morgan fingerprint density at radius 3 is 2.65 bits per heavy atom. The SMILES string of the molecule is CCc1cc(C(=O)N(C)C(C)CC)cc(Cl)n1. The third-order valence-corrected chi connectivity index (χ3v) is 3.22. The molecule has 0 bridgehead atoms. The zero-order valence-electron chi connectivity index (χ0n) is 10.8. The molecule has 4 heteroatoms. The number of aromatic nitrogens is 1. The lowest BCUT2D eigenvalue weighted by molar-refractivity contribution is 0.0740. The van der Waals surface area contributed by atoms with Crippen LogP contribution in [0.5, 0.6) is 0 Å². The van der Waals surface area contributed by atoms with E-state index in [1.807, 2.05) is 27.0 Å². The number of aryl methyl sites for hydroxylation is 1. The van der Waals surface area contributed by atoms with Crippen LogP contribution in [0.15, 0.2) is 12.1 Å². The van der Waals surface area contributed by atoms with Crippen molar-refractivity contribution in [3.05, 3.63) is 28.5 Å². The molecular formula is C13H19ClN2O. The highest BCUT2D eigenvalue weighted by Gasteiger charge is 2.17. The molecule has 1 aromatic heterocycles. The molecule has 94 valence electrons. The Labute approximate surface area is 108 Å². The van der Waals surface area contributed by atoms with Crippen LogP contribution in [-0.2, 0) is 6.42 Å². The summed E-state index contributed by atoms with van der Waals surface area (Å²) in [4.78, 5) is 18.1. The van der Waals surface area contributed by atoms with Crippen LogP contribution < -0.4 is 0 Å². The molecule has 1 aromatic rings. The number of carbonyl (C=O) groups excluding carboxylic acids is 1. The van der Waals surface area contributed by atoms with Crippen molar-refractivity contribution in [2.24, 2.45) is 0 Å². The zero-order valence-corrected chi connectivity index (χ0v) is 11.6. The number of hydrogen-bond acceptors (Lipinski definition) is 2. The van der Waals surface area contributed by atoms with Crippen molar-refractivity contribution in [1.82, 2.24) is 9.88 Å². The molecule has 0 aromatic carbocycles. The first-order valence-electron chi connectivity index (χ1n) is 5.93. The molecule has 1 heterocycles. The summed E-state index contributed by atoms with van der Waals surface area (Å²) in [6, 6.07) is 3.66. The number of nitrogens with zero attached hydrogens (tertiary/aromatic N) is 2. The van der Waals surface area contributed by atoms with Crippen molar-refractivity contribution in [1.29, 1.82) is 0 Å². The molecule has 0 saturated carbocycles. The van der Waals surface area contributed by atoms with Gasteiger partial charge in [0.25, 0.3) is 5.91 Å². The zero-order chi connectivity index (χ0) is 13.0. The van der Waals surface area contributed by atoms with E-state index >= 15 is 0 Å². The Morgan fingerprint density at radius 2 is 2.12 bits per heavy atom. The molecule has 1 unspecified atom stereocenters. The minimum atomic E-state index is -0.00153. The summed E-state index contributed by atoms with van der Waals surface area (Å²) in [5.41, 5.74) is 1.46. The van der Waals surface area contributed by atoms with Crippen LogP contribution in [0, 0.1) is 0 Å². The Hall–Kier alpha value is -1.09. The molecule has 0 aliphatic heterocycles. The fourth-order valence-corrected chi connectivity index (χ4v) is 1.76. The number of rotatable bonds is 4. The Bertz CT molecular complexity index is 406. The number of amides is 1. The maximum absolute atomic E-state index is 12.2. The minimum Gasteiger partial charge on any atom is -0.339 e. The first-order chi connectivity index (χ1) is 7.99. The second-order valence-electron chi connectivity index (χ2n) is 4.20. The number of hydrogen-bond donors (Lipinski definition) is 0. The summed E-state index contributed by atoms with van der Waals surface area (Å²) in [6.07, 6.45) is 1.70. The summed E-state index contributed by atoms with van der Waals surface area (Å²) in [6.45, 7) is 6.08. The van der Waals surface area contributed by atoms with E-state index in [2.05, 4.69) is 11.9 Å². The molecule has 17 heavy (non-hydrogen) atoms. The van der Waals surface area contributed by atoms with Crippen molar-refractivity contribution >= 4 is 17.5 Å². The lowest BCUT2D eigenvalue weighted by Gasteiger charge is -2.24. The monoisotopic (exact) mass is 254 g/mol. The van der Waals surface area contributed by atoms with Gasteiger partial charge in [0, 0.05) is 24.3 Å². The third-order valence-electron chi connectivity index (χ3n) is 3.03. The Balaban J connectivity index is 2.99. The van der Waals surface area contributed by atoms with E-state index in [1.165, 1.54) is 0 Å². The lowest BCUT2D eigenvalue weighted by atomic mass is 10.1. The van der Waals surface area contributed by atoms with Gasteiger partial charge in [0.05, 0.1) is 0 Å². The highest BCUT2D eigenvalue weighted by molar-refractivity contribution is 6.29. The first-order valence-corrected chi connectivity index (χ1v) is 6.31. The van der Waals surface area contributed by atoms with Gasteiger partial charge in [-0.3, -0.25) is 4.79 Å². The summed E-state index contributed by atoms with van der Waals surface area (Å²) in [7, 11) is 1.82. The van der Waals surface area contributed by atoms with Gasteiger partial charge in [-0.05, 0) is 31.9 Å². The van der Waals surface area contributed by atoms with E-state index < -0.39 is 0 Å². The molecule has 1 amide bonds. The van der Waals surface area contributed by atoms with Crippen molar-refractivity contribution in [3.63, 3.8) is 0 Å². The minimum absolute atomic E-state index is 0.00153. The average molecular weight is 255 g/mol. The quantitative estimate of drug-likeness (QED) is 0.774. The maximum atomic E-state index is 12.2. The molecule has 0 aliphatic rings. The topological polar surface area (TPSA) is 33.2 Å². The Morgan fingerprint density at radius 1 is 1.47 bits per heavy atom. The third kappa shape index (κ3) is 3.43. The molecule has 0 fully saturated rings. The van der Waals surface area contributed by atoms with Gasteiger partial charge in [-0.2, -0.15) is 0 Å². The smallest absolute Gasteiger partial charge is 0.254 e. The molecule has 0 radical (unpaired) electrons. The van der Waals surface area contributed by atoms with Crippen molar-refractivity contribution in [2.75, 3.05) is 7.05 Å². The van der Waals surface area contributed by atoms with Crippen molar-refractivity contribution < 1.29 is 4.79 Å². The number of pyridine rings is 1. The van der Waals surface area contributed by atoms with Crippen LogP contribution in [0.25, 0.3) is 0 Å². The molecule has 0 aliphatic carbocycles. The van der Waals surface area contributed by atoms with Crippen molar-refractivity contribution in [3.8, 4) is 0 Å². The molecule has 3 nitrogen and oxygen atoms in total. The largest absolute Gasteiger partial charge is 0.339 e. The van der Waals surface area contributed by atoms with Crippen molar-refractivity contribution in [2.45, 2.75) is 39.7 Å². The van der Waals surface area contributed by atoms with Gasteiger partial charge < -0.3 is 4.90 Å². The number of halogens is 1. The van der Waals surface area contributed by atoms with Gasteiger partial charge in [0.2, 0.25) is 0 Å². The molecular weight excluding hydrogens is 236 g/mol. The first kappa shape index (κ1) is 14.0. The van der Waals surface area contributed by atoms with Gasteiger partial charge in [0.1, 0.15) is 5.15 Å². The van der Waals surface area contributed by atoms with Gasteiger partial charge in [-0.1, -0.05) is 25.4 Å². The molecule has 1 atom stereocenters. The highest BCUT2D eigenvalue weighted by Crippen LogP contribution is 2.14. The van der Waals surface area contributed by atoms with E-state index in [1.54, 1.807) is 11.0 Å². The average Bonchev–Trinajstić information content (AvgIpc) is 2.35. The molecule has 1 rings (SSSR count). The van der Waals surface area contributed by atoms with Gasteiger partial charge in [-0.15, -0.1) is 0 Å². The van der Waals surface area contributed by atoms with Crippen LogP contribution in [0.4, 0.5) is 0 Å². The van der Waals surface area contributed by atoms with Gasteiger partial charge in [0.15, 0.2) is 0 Å². The summed E-state index contributed by atoms with van der Waals surface area (Å²) >= 11 is 5.91. The summed E-state index contributed by atoms with van der Waals surface area (Å²) in [5.74, 6) is -0.00153. The normalized spacial score (nSPS) is 12.3. The predicted molar refractivity (Wildman–Crippen MR) is 70.5 cm³/mol. The standard InChI is InChI=1S/C13H19ClN2O/c1-5-9(3)16(4)13(17)10-7-11(6-2)15-12(14)8-10/h7-9H,5-6H2,1-4H3. The van der Waals surface area contributed by atoms with Crippen LogP contribution in [0.3, 0.4) is 0 Å². The van der Waals surface area contributed by atoms with Crippen LogP contribution in [0.1, 0.15) is 43.2 Å². The van der Waals surface area contributed by atoms with Crippen LogP contribution in [-0.4, -0.2) is 28.9 Å². The van der Waals surface area contributed by atoms with Crippen LogP contribution in [0.2, 0.25) is 5.15 Å². The maximum Gasteiger partial charge on any atom is 0.254 e. The van der Waals surface area contributed by atoms with E-state index in [4.69, 9.17) is 11.6 Å². The van der Waals surface area contributed by atoms with Gasteiger partial charge >= 0.3 is 0 Å². The molecule has 0 N–H and O–H groups in total. The predicted octanol–water partition coefficient (Wildman–Crippen LogP) is 3.17. The van der Waals surface area contributed by atoms with Crippen LogP contribution >= 0.6 is 11.6 Å². The number of carbonyl (C=O) groups is 1. The summed E-state index contributed by atoms with van der Waals surface area (Å²) in [5, 5.41) is 0.380. The highest BCUT2D eigenvalue weighted by atomic mass is 35.5. The van der Waals surface area contributed by atoms with E-state index in [-0.39, 0.29) is 11.9 Å². The Kier molecular flexibility index (Phi) is 4.94. The summed E-state index contributed by atoms with van der Waals surface area (Å²) < 4.78 is 0.